The molecular weight excluding hydrogens is 309 g/mol. The lowest BCUT2D eigenvalue weighted by atomic mass is 10.1. The quantitative estimate of drug-likeness (QED) is 0.810. The number of H-pyrrole nitrogens is 1. The van der Waals surface area contributed by atoms with Crippen LogP contribution in [-0.4, -0.2) is 27.9 Å². The molecule has 5 heteroatoms. The molecule has 1 aromatic heterocycles. The minimum absolute atomic E-state index is 0.239. The Kier molecular flexibility index (Phi) is 4.80. The summed E-state index contributed by atoms with van der Waals surface area (Å²) in [6.45, 7) is 5.24. The Labute approximate surface area is 121 Å². The number of alkyl halides is 1. The highest BCUT2D eigenvalue weighted by molar-refractivity contribution is 9.09. The third-order valence-electron chi connectivity index (χ3n) is 3.41. The number of nitrogens with zero attached hydrogens (tertiary/aromatic N) is 2. The van der Waals surface area contributed by atoms with Crippen molar-refractivity contribution >= 4 is 32.9 Å². The summed E-state index contributed by atoms with van der Waals surface area (Å²) in [4.78, 5) is 10.1. The van der Waals surface area contributed by atoms with Crippen molar-refractivity contribution in [2.24, 2.45) is 0 Å². The average Bonchev–Trinajstić information content (AvgIpc) is 2.81. The first-order valence-electron chi connectivity index (χ1n) is 6.67. The molecule has 1 N–H and O–H groups in total. The van der Waals surface area contributed by atoms with E-state index in [9.17, 15) is 4.39 Å². The fourth-order valence-corrected chi connectivity index (χ4v) is 2.77. The Morgan fingerprint density at radius 1 is 1.37 bits per heavy atom. The summed E-state index contributed by atoms with van der Waals surface area (Å²) in [6, 6.07) is 5.09. The number of imidazole rings is 1. The molecule has 0 saturated carbocycles. The SMILES string of the molecule is CCC(CC)N(CCBr)c1nc2ccc(F)cc2[nH]1. The summed E-state index contributed by atoms with van der Waals surface area (Å²) in [5.41, 5.74) is 1.56. The van der Waals surface area contributed by atoms with Crippen LogP contribution in [0.4, 0.5) is 10.3 Å². The second-order valence-corrected chi connectivity index (χ2v) is 5.37. The molecule has 0 unspecified atom stereocenters. The molecule has 1 aromatic carbocycles. The van der Waals surface area contributed by atoms with Crippen molar-refractivity contribution in [3.05, 3.63) is 24.0 Å². The van der Waals surface area contributed by atoms with Crippen LogP contribution >= 0.6 is 15.9 Å². The molecule has 0 atom stereocenters. The smallest absolute Gasteiger partial charge is 0.204 e. The van der Waals surface area contributed by atoms with Crippen LogP contribution in [0.25, 0.3) is 11.0 Å². The van der Waals surface area contributed by atoms with Gasteiger partial charge in [0.15, 0.2) is 0 Å². The first-order chi connectivity index (χ1) is 9.19. The van der Waals surface area contributed by atoms with E-state index in [0.717, 1.165) is 41.7 Å². The molecule has 0 aliphatic heterocycles. The van der Waals surface area contributed by atoms with Crippen LogP contribution in [0.2, 0.25) is 0 Å². The maximum absolute atomic E-state index is 13.2. The Hall–Kier alpha value is -1.10. The van der Waals surface area contributed by atoms with Crippen molar-refractivity contribution in [1.82, 2.24) is 9.97 Å². The second-order valence-electron chi connectivity index (χ2n) is 4.57. The van der Waals surface area contributed by atoms with Gasteiger partial charge in [0, 0.05) is 17.9 Å². The lowest BCUT2D eigenvalue weighted by Gasteiger charge is -2.29. The molecule has 2 aromatic rings. The van der Waals surface area contributed by atoms with E-state index >= 15 is 0 Å². The molecule has 0 saturated heterocycles. The summed E-state index contributed by atoms with van der Waals surface area (Å²) in [5.74, 6) is 0.589. The molecule has 0 spiro atoms. The van der Waals surface area contributed by atoms with E-state index in [0.29, 0.717) is 6.04 Å². The van der Waals surface area contributed by atoms with Gasteiger partial charge in [0.25, 0.3) is 0 Å². The minimum atomic E-state index is -0.239. The van der Waals surface area contributed by atoms with Gasteiger partial charge in [0.1, 0.15) is 5.82 Å². The molecule has 0 bridgehead atoms. The first kappa shape index (κ1) is 14.3. The van der Waals surface area contributed by atoms with Gasteiger partial charge in [-0.05, 0) is 31.0 Å². The molecule has 19 heavy (non-hydrogen) atoms. The highest BCUT2D eigenvalue weighted by atomic mass is 79.9. The third kappa shape index (κ3) is 3.08. The fourth-order valence-electron chi connectivity index (χ4n) is 2.39. The number of halogens is 2. The number of anilines is 1. The van der Waals surface area contributed by atoms with E-state index in [1.165, 1.54) is 12.1 Å². The minimum Gasteiger partial charge on any atom is -0.339 e. The molecule has 104 valence electrons. The van der Waals surface area contributed by atoms with Crippen LogP contribution in [0.5, 0.6) is 0 Å². The molecule has 1 heterocycles. The fraction of sp³-hybridized carbons (Fsp3) is 0.500. The number of nitrogens with one attached hydrogen (secondary N) is 1. The highest BCUT2D eigenvalue weighted by Crippen LogP contribution is 2.22. The molecule has 0 aliphatic rings. The van der Waals surface area contributed by atoms with Gasteiger partial charge in [-0.15, -0.1) is 0 Å². The Bertz CT molecular complexity index is 536. The lowest BCUT2D eigenvalue weighted by molar-refractivity contribution is 0.560. The van der Waals surface area contributed by atoms with Gasteiger partial charge >= 0.3 is 0 Å². The lowest BCUT2D eigenvalue weighted by Crippen LogP contribution is -2.36. The van der Waals surface area contributed by atoms with Gasteiger partial charge in [-0.1, -0.05) is 29.8 Å². The Balaban J connectivity index is 2.38. The summed E-state index contributed by atoms with van der Waals surface area (Å²) in [5, 5.41) is 0.884. The van der Waals surface area contributed by atoms with E-state index in [-0.39, 0.29) is 5.82 Å². The van der Waals surface area contributed by atoms with Crippen molar-refractivity contribution in [1.29, 1.82) is 0 Å². The number of rotatable bonds is 6. The predicted molar refractivity (Wildman–Crippen MR) is 81.6 cm³/mol. The first-order valence-corrected chi connectivity index (χ1v) is 7.79. The third-order valence-corrected chi connectivity index (χ3v) is 3.77. The van der Waals surface area contributed by atoms with Gasteiger partial charge in [-0.2, -0.15) is 0 Å². The van der Waals surface area contributed by atoms with Crippen LogP contribution in [0, 0.1) is 5.82 Å². The number of aromatic amines is 1. The molecule has 0 radical (unpaired) electrons. The summed E-state index contributed by atoms with van der Waals surface area (Å²) < 4.78 is 13.2. The summed E-state index contributed by atoms with van der Waals surface area (Å²) in [7, 11) is 0. The standard InChI is InChI=1S/C14H19BrFN3/c1-3-11(4-2)19(8-7-15)14-17-12-6-5-10(16)9-13(12)18-14/h5-6,9,11H,3-4,7-8H2,1-2H3,(H,17,18). The molecular formula is C14H19BrFN3. The molecule has 0 aliphatic carbocycles. The number of fused-ring (bicyclic) bond motifs is 1. The number of aromatic nitrogens is 2. The molecule has 0 amide bonds. The Morgan fingerprint density at radius 3 is 2.74 bits per heavy atom. The van der Waals surface area contributed by atoms with Gasteiger partial charge in [0.05, 0.1) is 11.0 Å². The van der Waals surface area contributed by atoms with Gasteiger partial charge in [-0.3, -0.25) is 0 Å². The number of hydrogen-bond acceptors (Lipinski definition) is 2. The van der Waals surface area contributed by atoms with Crippen LogP contribution in [0.1, 0.15) is 26.7 Å². The van der Waals surface area contributed by atoms with Crippen LogP contribution in [0.3, 0.4) is 0 Å². The van der Waals surface area contributed by atoms with Crippen LogP contribution in [0.15, 0.2) is 18.2 Å². The van der Waals surface area contributed by atoms with Gasteiger partial charge in [-0.25, -0.2) is 9.37 Å². The van der Waals surface area contributed by atoms with E-state index in [1.54, 1.807) is 6.07 Å². The second kappa shape index (κ2) is 6.37. The van der Waals surface area contributed by atoms with Crippen molar-refractivity contribution in [2.45, 2.75) is 32.7 Å². The Morgan fingerprint density at radius 2 is 2.11 bits per heavy atom. The van der Waals surface area contributed by atoms with E-state index in [4.69, 9.17) is 0 Å². The van der Waals surface area contributed by atoms with Crippen molar-refractivity contribution in [2.75, 3.05) is 16.8 Å². The summed E-state index contributed by atoms with van der Waals surface area (Å²) >= 11 is 3.49. The van der Waals surface area contributed by atoms with E-state index < -0.39 is 0 Å². The van der Waals surface area contributed by atoms with Crippen LogP contribution in [-0.2, 0) is 0 Å². The topological polar surface area (TPSA) is 31.9 Å². The van der Waals surface area contributed by atoms with Crippen molar-refractivity contribution in [3.63, 3.8) is 0 Å². The van der Waals surface area contributed by atoms with Crippen LogP contribution < -0.4 is 4.90 Å². The molecule has 3 nitrogen and oxygen atoms in total. The highest BCUT2D eigenvalue weighted by Gasteiger charge is 2.18. The maximum Gasteiger partial charge on any atom is 0.204 e. The normalized spacial score (nSPS) is 11.4. The predicted octanol–water partition coefficient (Wildman–Crippen LogP) is 4.09. The number of benzene rings is 1. The largest absolute Gasteiger partial charge is 0.339 e. The van der Waals surface area contributed by atoms with E-state index in [1.807, 2.05) is 0 Å². The zero-order valence-corrected chi connectivity index (χ0v) is 12.9. The monoisotopic (exact) mass is 327 g/mol. The van der Waals surface area contributed by atoms with Gasteiger partial charge < -0.3 is 9.88 Å². The molecule has 2 rings (SSSR count). The maximum atomic E-state index is 13.2. The van der Waals surface area contributed by atoms with E-state index in [2.05, 4.69) is 44.6 Å². The van der Waals surface area contributed by atoms with Gasteiger partial charge in [0.2, 0.25) is 5.95 Å². The zero-order chi connectivity index (χ0) is 13.8. The summed E-state index contributed by atoms with van der Waals surface area (Å²) in [6.07, 6.45) is 2.13. The zero-order valence-electron chi connectivity index (χ0n) is 11.3. The molecule has 0 fully saturated rings. The van der Waals surface area contributed by atoms with Crippen molar-refractivity contribution < 1.29 is 4.39 Å². The number of hydrogen-bond donors (Lipinski definition) is 1. The van der Waals surface area contributed by atoms with Crippen molar-refractivity contribution in [3.8, 4) is 0 Å². The average molecular weight is 328 g/mol.